The molecule has 6 heteroatoms. The van der Waals surface area contributed by atoms with E-state index < -0.39 is 0 Å². The highest BCUT2D eigenvalue weighted by molar-refractivity contribution is 6.33. The average molecular weight is 333 g/mol. The summed E-state index contributed by atoms with van der Waals surface area (Å²) in [5, 5.41) is 5.88. The Labute approximate surface area is 139 Å². The highest BCUT2D eigenvalue weighted by Gasteiger charge is 2.11. The molecule has 0 atom stereocenters. The number of hydrogen-bond donors (Lipinski definition) is 2. The van der Waals surface area contributed by atoms with Crippen LogP contribution in [0.25, 0.3) is 0 Å². The number of halogens is 1. The Morgan fingerprint density at radius 1 is 1.04 bits per heavy atom. The van der Waals surface area contributed by atoms with Gasteiger partial charge >= 0.3 is 0 Å². The van der Waals surface area contributed by atoms with Crippen LogP contribution >= 0.6 is 11.6 Å². The van der Waals surface area contributed by atoms with Gasteiger partial charge in [-0.1, -0.05) is 29.8 Å². The topological polar surface area (TPSA) is 67.4 Å². The van der Waals surface area contributed by atoms with Crippen LogP contribution in [0.4, 0.5) is 5.69 Å². The molecule has 0 saturated heterocycles. The lowest BCUT2D eigenvalue weighted by Crippen LogP contribution is -2.27. The van der Waals surface area contributed by atoms with Crippen molar-refractivity contribution < 1.29 is 14.3 Å². The highest BCUT2D eigenvalue weighted by atomic mass is 35.5. The molecule has 2 N–H and O–H groups in total. The minimum absolute atomic E-state index is 0.255. The number of hydrogen-bond acceptors (Lipinski definition) is 3. The molecule has 2 aromatic rings. The first-order valence-electron chi connectivity index (χ1n) is 7.05. The molecule has 0 aliphatic carbocycles. The number of para-hydroxylation sites is 1. The zero-order valence-corrected chi connectivity index (χ0v) is 13.4. The fraction of sp³-hybridized carbons (Fsp3) is 0.176. The maximum atomic E-state index is 12.3. The van der Waals surface area contributed by atoms with Crippen LogP contribution in [0.5, 0.6) is 0 Å². The summed E-state index contributed by atoms with van der Waals surface area (Å²) in [6.07, 6.45) is 0. The van der Waals surface area contributed by atoms with Crippen LogP contribution in [0.15, 0.2) is 48.5 Å². The van der Waals surface area contributed by atoms with Gasteiger partial charge in [0.05, 0.1) is 17.3 Å². The van der Waals surface area contributed by atoms with E-state index in [-0.39, 0.29) is 11.8 Å². The predicted molar refractivity (Wildman–Crippen MR) is 90.1 cm³/mol. The second kappa shape index (κ2) is 8.31. The highest BCUT2D eigenvalue weighted by Crippen LogP contribution is 2.21. The van der Waals surface area contributed by atoms with Gasteiger partial charge in [-0.3, -0.25) is 9.59 Å². The molecule has 0 bridgehead atoms. The van der Waals surface area contributed by atoms with Crippen molar-refractivity contribution in [3.05, 3.63) is 64.7 Å². The van der Waals surface area contributed by atoms with Crippen LogP contribution in [0.1, 0.15) is 20.7 Å². The summed E-state index contributed by atoms with van der Waals surface area (Å²) in [5.74, 6) is -0.584. The van der Waals surface area contributed by atoms with Crippen molar-refractivity contribution in [2.75, 3.05) is 25.6 Å². The molecular weight excluding hydrogens is 316 g/mol. The zero-order chi connectivity index (χ0) is 16.7. The quantitative estimate of drug-likeness (QED) is 0.799. The standard InChI is InChI=1S/C17H17ClN2O3/c1-23-10-9-19-16(21)12-5-4-6-13(11-12)17(22)20-15-8-3-2-7-14(15)18/h2-8,11H,9-10H2,1H3,(H,19,21)(H,20,22). The van der Waals surface area contributed by atoms with Crippen LogP contribution in [-0.2, 0) is 4.74 Å². The Kier molecular flexibility index (Phi) is 6.14. The molecule has 0 radical (unpaired) electrons. The summed E-state index contributed by atoms with van der Waals surface area (Å²) in [6.45, 7) is 0.837. The van der Waals surface area contributed by atoms with Gasteiger partial charge in [-0.2, -0.15) is 0 Å². The third kappa shape index (κ3) is 4.81. The second-order valence-corrected chi connectivity index (χ2v) is 5.17. The molecule has 5 nitrogen and oxygen atoms in total. The fourth-order valence-corrected chi connectivity index (χ4v) is 2.11. The van der Waals surface area contributed by atoms with Crippen LogP contribution in [0.2, 0.25) is 5.02 Å². The van der Waals surface area contributed by atoms with Crippen molar-refractivity contribution in [3.8, 4) is 0 Å². The lowest BCUT2D eigenvalue weighted by molar-refractivity contribution is 0.0937. The molecule has 0 aliphatic rings. The lowest BCUT2D eigenvalue weighted by Gasteiger charge is -2.09. The molecule has 23 heavy (non-hydrogen) atoms. The maximum absolute atomic E-state index is 12.3. The van der Waals surface area contributed by atoms with Gasteiger partial charge < -0.3 is 15.4 Å². The van der Waals surface area contributed by atoms with E-state index >= 15 is 0 Å². The molecule has 2 amide bonds. The molecule has 2 aromatic carbocycles. The summed E-state index contributed by atoms with van der Waals surface area (Å²) in [5.41, 5.74) is 1.31. The zero-order valence-electron chi connectivity index (χ0n) is 12.6. The lowest BCUT2D eigenvalue weighted by atomic mass is 10.1. The van der Waals surface area contributed by atoms with Crippen molar-refractivity contribution in [1.29, 1.82) is 0 Å². The molecule has 0 aromatic heterocycles. The number of anilines is 1. The van der Waals surface area contributed by atoms with Crippen LogP contribution < -0.4 is 10.6 Å². The van der Waals surface area contributed by atoms with Gasteiger partial charge in [0.25, 0.3) is 11.8 Å². The Balaban J connectivity index is 2.08. The van der Waals surface area contributed by atoms with Crippen molar-refractivity contribution >= 4 is 29.1 Å². The second-order valence-electron chi connectivity index (χ2n) is 4.76. The van der Waals surface area contributed by atoms with Gasteiger partial charge in [0.2, 0.25) is 0 Å². The normalized spacial score (nSPS) is 10.2. The summed E-state index contributed by atoms with van der Waals surface area (Å²) >= 11 is 6.02. The van der Waals surface area contributed by atoms with E-state index in [0.29, 0.717) is 35.0 Å². The fourth-order valence-electron chi connectivity index (χ4n) is 1.93. The van der Waals surface area contributed by atoms with E-state index in [2.05, 4.69) is 10.6 Å². The number of methoxy groups -OCH3 is 1. The van der Waals surface area contributed by atoms with Gasteiger partial charge in [0.1, 0.15) is 0 Å². The van der Waals surface area contributed by atoms with E-state index in [1.807, 2.05) is 0 Å². The van der Waals surface area contributed by atoms with Crippen molar-refractivity contribution in [1.82, 2.24) is 5.32 Å². The first-order valence-corrected chi connectivity index (χ1v) is 7.42. The van der Waals surface area contributed by atoms with Gasteiger partial charge in [-0.25, -0.2) is 0 Å². The predicted octanol–water partition coefficient (Wildman–Crippen LogP) is 2.97. The van der Waals surface area contributed by atoms with E-state index in [9.17, 15) is 9.59 Å². The molecule has 0 aliphatic heterocycles. The monoisotopic (exact) mass is 332 g/mol. The first-order chi connectivity index (χ1) is 11.1. The molecule has 0 heterocycles. The summed E-state index contributed by atoms with van der Waals surface area (Å²) < 4.78 is 4.88. The van der Waals surface area contributed by atoms with Crippen molar-refractivity contribution in [2.24, 2.45) is 0 Å². The summed E-state index contributed by atoms with van der Waals surface area (Å²) in [7, 11) is 1.56. The summed E-state index contributed by atoms with van der Waals surface area (Å²) in [4.78, 5) is 24.3. The Morgan fingerprint density at radius 2 is 1.74 bits per heavy atom. The number of carbonyl (C=O) groups excluding carboxylic acids is 2. The molecule has 0 saturated carbocycles. The maximum Gasteiger partial charge on any atom is 0.255 e. The van der Waals surface area contributed by atoms with E-state index in [1.54, 1.807) is 49.6 Å². The van der Waals surface area contributed by atoms with Crippen LogP contribution in [-0.4, -0.2) is 32.1 Å². The largest absolute Gasteiger partial charge is 0.383 e. The summed E-state index contributed by atoms with van der Waals surface area (Å²) in [6, 6.07) is 13.4. The Bertz CT molecular complexity index is 704. The Morgan fingerprint density at radius 3 is 2.43 bits per heavy atom. The minimum Gasteiger partial charge on any atom is -0.383 e. The molecular formula is C17H17ClN2O3. The molecule has 0 fully saturated rings. The number of nitrogens with one attached hydrogen (secondary N) is 2. The molecule has 0 unspecified atom stereocenters. The number of carbonyl (C=O) groups is 2. The number of benzene rings is 2. The van der Waals surface area contributed by atoms with Crippen molar-refractivity contribution in [2.45, 2.75) is 0 Å². The molecule has 0 spiro atoms. The van der Waals surface area contributed by atoms with Gasteiger partial charge in [0, 0.05) is 24.8 Å². The third-order valence-electron chi connectivity index (χ3n) is 3.10. The Hall–Kier alpha value is -2.37. The smallest absolute Gasteiger partial charge is 0.255 e. The minimum atomic E-state index is -0.329. The van der Waals surface area contributed by atoms with E-state index in [4.69, 9.17) is 16.3 Å². The first kappa shape index (κ1) is 17.0. The van der Waals surface area contributed by atoms with Gasteiger partial charge in [-0.15, -0.1) is 0 Å². The number of rotatable bonds is 6. The number of ether oxygens (including phenoxy) is 1. The van der Waals surface area contributed by atoms with Gasteiger partial charge in [0.15, 0.2) is 0 Å². The average Bonchev–Trinajstić information content (AvgIpc) is 2.57. The van der Waals surface area contributed by atoms with Crippen molar-refractivity contribution in [3.63, 3.8) is 0 Å². The molecule has 2 rings (SSSR count). The van der Waals surface area contributed by atoms with E-state index in [0.717, 1.165) is 0 Å². The third-order valence-corrected chi connectivity index (χ3v) is 3.43. The van der Waals surface area contributed by atoms with Gasteiger partial charge in [-0.05, 0) is 30.3 Å². The van der Waals surface area contributed by atoms with E-state index in [1.165, 1.54) is 6.07 Å². The number of amides is 2. The SMILES string of the molecule is COCCNC(=O)c1cccc(C(=O)Nc2ccccc2Cl)c1. The van der Waals surface area contributed by atoms with Crippen LogP contribution in [0.3, 0.4) is 0 Å². The van der Waals surface area contributed by atoms with Crippen LogP contribution in [0, 0.1) is 0 Å². The molecule has 120 valence electrons.